The predicted octanol–water partition coefficient (Wildman–Crippen LogP) is 3.47. The molecule has 1 aromatic rings. The molecule has 2 unspecified atom stereocenters. The van der Waals surface area contributed by atoms with E-state index in [4.69, 9.17) is 0 Å². The molecule has 2 atom stereocenters. The number of hydrogen-bond donors (Lipinski definition) is 1. The Hall–Kier alpha value is -0.930. The van der Waals surface area contributed by atoms with Crippen molar-refractivity contribution in [1.82, 2.24) is 10.2 Å². The summed E-state index contributed by atoms with van der Waals surface area (Å²) in [5.41, 5.74) is 1.23. The van der Waals surface area contributed by atoms with Crippen molar-refractivity contribution in [1.29, 1.82) is 0 Å². The molecule has 1 saturated heterocycles. The first-order valence-electron chi connectivity index (χ1n) is 8.26. The molecule has 3 heteroatoms. The SMILES string of the molecule is CC(C)NCC1CCCN(C(C)Cc2ccc(F)cc2)C1. The van der Waals surface area contributed by atoms with E-state index >= 15 is 0 Å². The summed E-state index contributed by atoms with van der Waals surface area (Å²) >= 11 is 0. The van der Waals surface area contributed by atoms with Gasteiger partial charge in [0.05, 0.1) is 0 Å². The van der Waals surface area contributed by atoms with Gasteiger partial charge in [-0.3, -0.25) is 0 Å². The largest absolute Gasteiger partial charge is 0.314 e. The molecular formula is C18H29FN2. The van der Waals surface area contributed by atoms with Gasteiger partial charge in [-0.05, 0) is 62.9 Å². The minimum Gasteiger partial charge on any atom is -0.314 e. The Balaban J connectivity index is 1.83. The molecule has 0 saturated carbocycles. The van der Waals surface area contributed by atoms with E-state index in [-0.39, 0.29) is 5.82 Å². The third-order valence-corrected chi connectivity index (χ3v) is 4.43. The van der Waals surface area contributed by atoms with Crippen LogP contribution in [-0.4, -0.2) is 36.6 Å². The fourth-order valence-corrected chi connectivity index (χ4v) is 3.16. The zero-order valence-corrected chi connectivity index (χ0v) is 13.6. The van der Waals surface area contributed by atoms with Gasteiger partial charge < -0.3 is 10.2 Å². The molecule has 2 rings (SSSR count). The highest BCUT2D eigenvalue weighted by Gasteiger charge is 2.23. The van der Waals surface area contributed by atoms with Crippen LogP contribution in [0.25, 0.3) is 0 Å². The number of likely N-dealkylation sites (tertiary alicyclic amines) is 1. The van der Waals surface area contributed by atoms with E-state index < -0.39 is 0 Å². The van der Waals surface area contributed by atoms with Crippen molar-refractivity contribution in [2.75, 3.05) is 19.6 Å². The highest BCUT2D eigenvalue weighted by molar-refractivity contribution is 5.17. The first-order valence-corrected chi connectivity index (χ1v) is 8.26. The van der Waals surface area contributed by atoms with Gasteiger partial charge in [0.2, 0.25) is 0 Å². The summed E-state index contributed by atoms with van der Waals surface area (Å²) < 4.78 is 13.0. The zero-order valence-electron chi connectivity index (χ0n) is 13.6. The smallest absolute Gasteiger partial charge is 0.123 e. The summed E-state index contributed by atoms with van der Waals surface area (Å²) in [6.07, 6.45) is 3.63. The Morgan fingerprint density at radius 1 is 1.24 bits per heavy atom. The van der Waals surface area contributed by atoms with Gasteiger partial charge in [-0.15, -0.1) is 0 Å². The first kappa shape index (κ1) is 16.4. The molecule has 1 aliphatic heterocycles. The summed E-state index contributed by atoms with van der Waals surface area (Å²) in [5, 5.41) is 3.56. The van der Waals surface area contributed by atoms with Crippen LogP contribution in [0.1, 0.15) is 39.2 Å². The molecule has 0 radical (unpaired) electrons. The van der Waals surface area contributed by atoms with Gasteiger partial charge in [0.25, 0.3) is 0 Å². The number of rotatable bonds is 6. The summed E-state index contributed by atoms with van der Waals surface area (Å²) in [6, 6.07) is 8.04. The van der Waals surface area contributed by atoms with Gasteiger partial charge in [-0.2, -0.15) is 0 Å². The fraction of sp³-hybridized carbons (Fsp3) is 0.667. The predicted molar refractivity (Wildman–Crippen MR) is 87.0 cm³/mol. The van der Waals surface area contributed by atoms with Crippen LogP contribution in [0.3, 0.4) is 0 Å². The van der Waals surface area contributed by atoms with Crippen LogP contribution in [0, 0.1) is 11.7 Å². The Kier molecular flexibility index (Phi) is 6.19. The number of benzene rings is 1. The molecule has 118 valence electrons. The van der Waals surface area contributed by atoms with Gasteiger partial charge in [0, 0.05) is 18.6 Å². The first-order chi connectivity index (χ1) is 10.0. The van der Waals surface area contributed by atoms with Crippen LogP contribution < -0.4 is 5.32 Å². The van der Waals surface area contributed by atoms with E-state index in [0.29, 0.717) is 12.1 Å². The summed E-state index contributed by atoms with van der Waals surface area (Å²) in [7, 11) is 0. The van der Waals surface area contributed by atoms with Crippen molar-refractivity contribution in [2.45, 2.75) is 52.1 Å². The van der Waals surface area contributed by atoms with Gasteiger partial charge in [0.1, 0.15) is 5.82 Å². The molecule has 0 bridgehead atoms. The number of nitrogens with zero attached hydrogens (tertiary/aromatic N) is 1. The average molecular weight is 292 g/mol. The van der Waals surface area contributed by atoms with Crippen molar-refractivity contribution in [3.8, 4) is 0 Å². The summed E-state index contributed by atoms with van der Waals surface area (Å²) in [4.78, 5) is 2.60. The van der Waals surface area contributed by atoms with E-state index in [1.54, 1.807) is 12.1 Å². The lowest BCUT2D eigenvalue weighted by atomic mass is 9.95. The number of nitrogens with one attached hydrogen (secondary N) is 1. The van der Waals surface area contributed by atoms with Crippen molar-refractivity contribution in [3.05, 3.63) is 35.6 Å². The molecule has 1 fully saturated rings. The zero-order chi connectivity index (χ0) is 15.2. The van der Waals surface area contributed by atoms with E-state index in [1.165, 1.54) is 31.5 Å². The molecule has 1 heterocycles. The normalized spacial score (nSPS) is 21.7. The lowest BCUT2D eigenvalue weighted by Gasteiger charge is -2.37. The summed E-state index contributed by atoms with van der Waals surface area (Å²) in [6.45, 7) is 10.2. The second kappa shape index (κ2) is 7.90. The van der Waals surface area contributed by atoms with Crippen molar-refractivity contribution >= 4 is 0 Å². The van der Waals surface area contributed by atoms with Crippen LogP contribution in [0.4, 0.5) is 4.39 Å². The van der Waals surface area contributed by atoms with Gasteiger partial charge in [-0.25, -0.2) is 4.39 Å². The maximum atomic E-state index is 13.0. The quantitative estimate of drug-likeness (QED) is 0.863. The maximum absolute atomic E-state index is 13.0. The van der Waals surface area contributed by atoms with Crippen molar-refractivity contribution in [3.63, 3.8) is 0 Å². The van der Waals surface area contributed by atoms with E-state index in [0.717, 1.165) is 18.9 Å². The highest BCUT2D eigenvalue weighted by atomic mass is 19.1. The molecule has 21 heavy (non-hydrogen) atoms. The molecule has 0 amide bonds. The maximum Gasteiger partial charge on any atom is 0.123 e. The fourth-order valence-electron chi connectivity index (χ4n) is 3.16. The van der Waals surface area contributed by atoms with Crippen LogP contribution in [0.2, 0.25) is 0 Å². The number of halogens is 1. The molecular weight excluding hydrogens is 263 g/mol. The average Bonchev–Trinajstić information content (AvgIpc) is 2.48. The topological polar surface area (TPSA) is 15.3 Å². The third-order valence-electron chi connectivity index (χ3n) is 4.43. The van der Waals surface area contributed by atoms with E-state index in [1.807, 2.05) is 12.1 Å². The van der Waals surface area contributed by atoms with Crippen LogP contribution in [0.5, 0.6) is 0 Å². The minimum atomic E-state index is -0.149. The third kappa shape index (κ3) is 5.40. The van der Waals surface area contributed by atoms with Crippen LogP contribution >= 0.6 is 0 Å². The highest BCUT2D eigenvalue weighted by Crippen LogP contribution is 2.20. The monoisotopic (exact) mass is 292 g/mol. The Morgan fingerprint density at radius 3 is 2.62 bits per heavy atom. The molecule has 1 aromatic carbocycles. The lowest BCUT2D eigenvalue weighted by Crippen LogP contribution is -2.45. The summed E-state index contributed by atoms with van der Waals surface area (Å²) in [5.74, 6) is 0.612. The Morgan fingerprint density at radius 2 is 1.95 bits per heavy atom. The lowest BCUT2D eigenvalue weighted by molar-refractivity contribution is 0.129. The molecule has 0 spiro atoms. The van der Waals surface area contributed by atoms with Crippen molar-refractivity contribution in [2.24, 2.45) is 5.92 Å². The molecule has 0 aromatic heterocycles. The Labute approximate surface area is 128 Å². The second-order valence-corrected chi connectivity index (χ2v) is 6.75. The molecule has 2 nitrogen and oxygen atoms in total. The molecule has 1 aliphatic rings. The van der Waals surface area contributed by atoms with Crippen LogP contribution in [-0.2, 0) is 6.42 Å². The number of hydrogen-bond acceptors (Lipinski definition) is 2. The van der Waals surface area contributed by atoms with Gasteiger partial charge >= 0.3 is 0 Å². The van der Waals surface area contributed by atoms with Crippen LogP contribution in [0.15, 0.2) is 24.3 Å². The van der Waals surface area contributed by atoms with Crippen molar-refractivity contribution < 1.29 is 4.39 Å². The minimum absolute atomic E-state index is 0.149. The van der Waals surface area contributed by atoms with E-state index in [2.05, 4.69) is 31.0 Å². The molecule has 0 aliphatic carbocycles. The van der Waals surface area contributed by atoms with E-state index in [9.17, 15) is 4.39 Å². The standard InChI is InChI=1S/C18H29FN2/c1-14(2)20-12-17-5-4-10-21(13-17)15(3)11-16-6-8-18(19)9-7-16/h6-9,14-15,17,20H,4-5,10-13H2,1-3H3. The number of piperidine rings is 1. The van der Waals surface area contributed by atoms with Gasteiger partial charge in [0.15, 0.2) is 0 Å². The second-order valence-electron chi connectivity index (χ2n) is 6.75. The Bertz CT molecular complexity index is 416. The molecule has 1 N–H and O–H groups in total. The van der Waals surface area contributed by atoms with Gasteiger partial charge in [-0.1, -0.05) is 26.0 Å².